The van der Waals surface area contributed by atoms with Crippen LogP contribution in [0.5, 0.6) is 0 Å². The molecule has 0 saturated carbocycles. The standard InChI is InChI=1S/C26H21N3O2/c1-16-8-11-19(12-9-16)24-27-25(31-28-24)23-15-29(20-13-10-17(2)18(3)14-20)26(30)22-7-5-4-6-21(22)23/h4-15H,1-3H3. The summed E-state index contributed by atoms with van der Waals surface area (Å²) in [6.07, 6.45) is 1.79. The van der Waals surface area contributed by atoms with Crippen LogP contribution in [0.4, 0.5) is 0 Å². The van der Waals surface area contributed by atoms with Crippen molar-refractivity contribution in [3.05, 3.63) is 100.0 Å². The van der Waals surface area contributed by atoms with E-state index in [1.54, 1.807) is 10.8 Å². The molecule has 2 aromatic heterocycles. The van der Waals surface area contributed by atoms with E-state index in [1.807, 2.05) is 80.6 Å². The van der Waals surface area contributed by atoms with Crippen LogP contribution in [0.25, 0.3) is 39.3 Å². The topological polar surface area (TPSA) is 60.9 Å². The van der Waals surface area contributed by atoms with Crippen LogP contribution in [0.2, 0.25) is 0 Å². The molecule has 0 atom stereocenters. The van der Waals surface area contributed by atoms with E-state index in [0.29, 0.717) is 17.1 Å². The Balaban J connectivity index is 1.72. The first kappa shape index (κ1) is 19.0. The largest absolute Gasteiger partial charge is 0.334 e. The van der Waals surface area contributed by atoms with Crippen LogP contribution in [-0.2, 0) is 0 Å². The van der Waals surface area contributed by atoms with Gasteiger partial charge in [0.25, 0.3) is 11.4 Å². The van der Waals surface area contributed by atoms with Crippen molar-refractivity contribution in [1.29, 1.82) is 0 Å². The molecule has 0 N–H and O–H groups in total. The van der Waals surface area contributed by atoms with Crippen LogP contribution in [-0.4, -0.2) is 14.7 Å². The molecule has 152 valence electrons. The summed E-state index contributed by atoms with van der Waals surface area (Å²) in [6.45, 7) is 6.13. The first-order valence-corrected chi connectivity index (χ1v) is 10.1. The maximum atomic E-state index is 13.3. The molecule has 0 amide bonds. The summed E-state index contributed by atoms with van der Waals surface area (Å²) in [6, 6.07) is 21.5. The van der Waals surface area contributed by atoms with E-state index in [9.17, 15) is 4.79 Å². The second-order valence-electron chi connectivity index (χ2n) is 7.82. The SMILES string of the molecule is Cc1ccc(-c2noc(-c3cn(-c4ccc(C)c(C)c4)c(=O)c4ccccc34)n2)cc1. The molecule has 0 saturated heterocycles. The van der Waals surface area contributed by atoms with E-state index in [-0.39, 0.29) is 5.56 Å². The van der Waals surface area contributed by atoms with Gasteiger partial charge in [-0.3, -0.25) is 9.36 Å². The predicted molar refractivity (Wildman–Crippen MR) is 122 cm³/mol. The summed E-state index contributed by atoms with van der Waals surface area (Å²) in [5.41, 5.74) is 5.79. The highest BCUT2D eigenvalue weighted by atomic mass is 16.5. The quantitative estimate of drug-likeness (QED) is 0.389. The van der Waals surface area contributed by atoms with Crippen molar-refractivity contribution < 1.29 is 4.52 Å². The first-order chi connectivity index (χ1) is 15.0. The fraction of sp³-hybridized carbons (Fsp3) is 0.115. The van der Waals surface area contributed by atoms with E-state index >= 15 is 0 Å². The van der Waals surface area contributed by atoms with Gasteiger partial charge in [-0.2, -0.15) is 4.98 Å². The van der Waals surface area contributed by atoms with Crippen molar-refractivity contribution >= 4 is 10.8 Å². The molecular weight excluding hydrogens is 386 g/mol. The third kappa shape index (κ3) is 3.34. The fourth-order valence-electron chi connectivity index (χ4n) is 3.68. The highest BCUT2D eigenvalue weighted by Gasteiger charge is 2.17. The first-order valence-electron chi connectivity index (χ1n) is 10.1. The maximum Gasteiger partial charge on any atom is 0.262 e. The number of nitrogens with zero attached hydrogens (tertiary/aromatic N) is 3. The van der Waals surface area contributed by atoms with Gasteiger partial charge < -0.3 is 4.52 Å². The Kier molecular flexibility index (Phi) is 4.51. The number of hydrogen-bond acceptors (Lipinski definition) is 4. The lowest BCUT2D eigenvalue weighted by atomic mass is 10.1. The summed E-state index contributed by atoms with van der Waals surface area (Å²) >= 11 is 0. The van der Waals surface area contributed by atoms with E-state index in [1.165, 1.54) is 11.1 Å². The number of rotatable bonds is 3. The minimum absolute atomic E-state index is 0.0825. The summed E-state index contributed by atoms with van der Waals surface area (Å²) in [7, 11) is 0. The van der Waals surface area contributed by atoms with Gasteiger partial charge in [0.2, 0.25) is 5.82 Å². The Bertz CT molecular complexity index is 1480. The summed E-state index contributed by atoms with van der Waals surface area (Å²) in [5, 5.41) is 5.57. The monoisotopic (exact) mass is 407 g/mol. The molecule has 0 aliphatic carbocycles. The molecule has 3 aromatic carbocycles. The Morgan fingerprint density at radius 1 is 0.839 bits per heavy atom. The number of aromatic nitrogens is 3. The number of aryl methyl sites for hydroxylation is 3. The van der Waals surface area contributed by atoms with Gasteiger partial charge in [0.15, 0.2) is 0 Å². The zero-order valence-electron chi connectivity index (χ0n) is 17.6. The van der Waals surface area contributed by atoms with Gasteiger partial charge in [-0.15, -0.1) is 0 Å². The lowest BCUT2D eigenvalue weighted by molar-refractivity contribution is 0.432. The fourth-order valence-corrected chi connectivity index (χ4v) is 3.68. The third-order valence-electron chi connectivity index (χ3n) is 5.66. The molecule has 5 rings (SSSR count). The second kappa shape index (κ2) is 7.36. The van der Waals surface area contributed by atoms with Gasteiger partial charge in [0.05, 0.1) is 5.56 Å². The van der Waals surface area contributed by atoms with E-state index in [0.717, 1.165) is 27.8 Å². The Morgan fingerprint density at radius 3 is 2.32 bits per heavy atom. The van der Waals surface area contributed by atoms with Crippen molar-refractivity contribution in [2.45, 2.75) is 20.8 Å². The minimum Gasteiger partial charge on any atom is -0.334 e. The second-order valence-corrected chi connectivity index (χ2v) is 7.82. The molecule has 5 nitrogen and oxygen atoms in total. The van der Waals surface area contributed by atoms with Crippen LogP contribution in [0.3, 0.4) is 0 Å². The Labute approximate surface area is 179 Å². The van der Waals surface area contributed by atoms with Crippen molar-refractivity contribution in [1.82, 2.24) is 14.7 Å². The van der Waals surface area contributed by atoms with Gasteiger partial charge >= 0.3 is 0 Å². The maximum absolute atomic E-state index is 13.3. The number of hydrogen-bond donors (Lipinski definition) is 0. The van der Waals surface area contributed by atoms with Gasteiger partial charge in [-0.05, 0) is 50.1 Å². The zero-order valence-corrected chi connectivity index (χ0v) is 17.6. The van der Waals surface area contributed by atoms with E-state index in [4.69, 9.17) is 4.52 Å². The Hall–Kier alpha value is -3.99. The van der Waals surface area contributed by atoms with Gasteiger partial charge in [0.1, 0.15) is 0 Å². The molecule has 5 heteroatoms. The highest BCUT2D eigenvalue weighted by Crippen LogP contribution is 2.29. The molecule has 0 aliphatic rings. The number of benzene rings is 3. The average Bonchev–Trinajstić information content (AvgIpc) is 3.27. The average molecular weight is 407 g/mol. The smallest absolute Gasteiger partial charge is 0.262 e. The third-order valence-corrected chi connectivity index (χ3v) is 5.66. The van der Waals surface area contributed by atoms with Crippen LogP contribution in [0.15, 0.2) is 82.2 Å². The summed E-state index contributed by atoms with van der Waals surface area (Å²) in [5.74, 6) is 0.896. The molecule has 5 aromatic rings. The van der Waals surface area contributed by atoms with Gasteiger partial charge in [-0.1, -0.05) is 59.3 Å². The van der Waals surface area contributed by atoms with Crippen LogP contribution in [0, 0.1) is 20.8 Å². The predicted octanol–water partition coefficient (Wildman–Crippen LogP) is 5.63. The van der Waals surface area contributed by atoms with Crippen molar-refractivity contribution in [3.8, 4) is 28.5 Å². The van der Waals surface area contributed by atoms with Gasteiger partial charge in [0, 0.05) is 28.2 Å². The molecule has 0 spiro atoms. The molecule has 0 radical (unpaired) electrons. The van der Waals surface area contributed by atoms with Crippen molar-refractivity contribution in [2.75, 3.05) is 0 Å². The highest BCUT2D eigenvalue weighted by molar-refractivity contribution is 5.94. The van der Waals surface area contributed by atoms with E-state index in [2.05, 4.69) is 17.1 Å². The van der Waals surface area contributed by atoms with E-state index < -0.39 is 0 Å². The molecule has 0 unspecified atom stereocenters. The molecule has 0 fully saturated rings. The van der Waals surface area contributed by atoms with Gasteiger partial charge in [-0.25, -0.2) is 0 Å². The summed E-state index contributed by atoms with van der Waals surface area (Å²) < 4.78 is 7.29. The van der Waals surface area contributed by atoms with Crippen LogP contribution < -0.4 is 5.56 Å². The number of fused-ring (bicyclic) bond motifs is 1. The Morgan fingerprint density at radius 2 is 1.58 bits per heavy atom. The van der Waals surface area contributed by atoms with Crippen LogP contribution >= 0.6 is 0 Å². The normalized spacial score (nSPS) is 11.2. The molecular formula is C26H21N3O2. The zero-order chi connectivity index (χ0) is 21.5. The van der Waals surface area contributed by atoms with Crippen molar-refractivity contribution in [2.24, 2.45) is 0 Å². The molecule has 0 bridgehead atoms. The lowest BCUT2D eigenvalue weighted by Crippen LogP contribution is -2.18. The minimum atomic E-state index is -0.0825. The molecule has 0 aliphatic heterocycles. The lowest BCUT2D eigenvalue weighted by Gasteiger charge is -2.12. The molecule has 2 heterocycles. The number of pyridine rings is 1. The van der Waals surface area contributed by atoms with Crippen LogP contribution in [0.1, 0.15) is 16.7 Å². The summed E-state index contributed by atoms with van der Waals surface area (Å²) in [4.78, 5) is 17.9. The van der Waals surface area contributed by atoms with Crippen molar-refractivity contribution in [3.63, 3.8) is 0 Å². The molecule has 31 heavy (non-hydrogen) atoms.